The van der Waals surface area contributed by atoms with Gasteiger partial charge in [0.15, 0.2) is 23.2 Å². The summed E-state index contributed by atoms with van der Waals surface area (Å²) in [6.07, 6.45) is -0.486. The monoisotopic (exact) mass is 620 g/mol. The fourth-order valence-corrected chi connectivity index (χ4v) is 5.80. The number of para-hydroxylation sites is 1. The van der Waals surface area contributed by atoms with Gasteiger partial charge in [-0.2, -0.15) is 0 Å². The highest BCUT2D eigenvalue weighted by Gasteiger charge is 2.51. The minimum atomic E-state index is -1.17. The summed E-state index contributed by atoms with van der Waals surface area (Å²) in [5.41, 5.74) is 0.0837. The van der Waals surface area contributed by atoms with E-state index < -0.39 is 53.6 Å². The first-order chi connectivity index (χ1) is 20.5. The van der Waals surface area contributed by atoms with Crippen LogP contribution in [0.2, 0.25) is 0 Å². The van der Waals surface area contributed by atoms with Gasteiger partial charge in [-0.25, -0.2) is 0 Å². The van der Waals surface area contributed by atoms with Gasteiger partial charge < -0.3 is 33.6 Å². The molecule has 0 saturated carbocycles. The third-order valence-electron chi connectivity index (χ3n) is 6.52. The number of benzene rings is 1. The average Bonchev–Trinajstić information content (AvgIpc) is 3.30. The number of carbonyl (C=O) groups is 4. The number of rotatable bonds is 14. The average molecular weight is 621 g/mol. The Hall–Kier alpha value is -3.65. The lowest BCUT2D eigenvalue weighted by atomic mass is 9.97. The lowest BCUT2D eigenvalue weighted by molar-refractivity contribution is -0.211. The number of aromatic nitrogens is 3. The largest absolute Gasteiger partial charge is 0.485 e. The number of unbranched alkanes of at least 4 members (excludes halogenated alkanes) is 2. The number of esters is 3. The second-order valence-corrected chi connectivity index (χ2v) is 11.2. The number of nitrogens with one attached hydrogen (secondary N) is 1. The Labute approximate surface area is 255 Å². The van der Waals surface area contributed by atoms with Gasteiger partial charge in [0.2, 0.25) is 5.91 Å². The predicted octanol–water partition coefficient (Wildman–Crippen LogP) is 3.10. The fourth-order valence-electron chi connectivity index (χ4n) is 4.61. The SMILES string of the molecule is CCCCCn1c(COc2ccccc2C)nnc1S[C@@H]1O[C@@H](COC(C)=O)[C@@H](OC(C)=O)[C@@H](OC(C)=O)[C@@H]1NC(C)=O. The molecule has 13 nitrogen and oxygen atoms in total. The maximum atomic E-state index is 12.3. The van der Waals surface area contributed by atoms with E-state index in [2.05, 4.69) is 22.4 Å². The van der Waals surface area contributed by atoms with E-state index in [9.17, 15) is 19.2 Å². The maximum absolute atomic E-state index is 12.3. The van der Waals surface area contributed by atoms with Crippen LogP contribution in [0.25, 0.3) is 0 Å². The van der Waals surface area contributed by atoms with Crippen molar-refractivity contribution in [3.63, 3.8) is 0 Å². The lowest BCUT2D eigenvalue weighted by Crippen LogP contribution is -2.65. The molecule has 5 atom stereocenters. The second-order valence-electron chi connectivity index (χ2n) is 10.1. The van der Waals surface area contributed by atoms with Gasteiger partial charge in [-0.05, 0) is 25.0 Å². The van der Waals surface area contributed by atoms with Gasteiger partial charge in [-0.3, -0.25) is 19.2 Å². The summed E-state index contributed by atoms with van der Waals surface area (Å²) in [6, 6.07) is 6.71. The Bertz CT molecular complexity index is 1270. The molecule has 2 heterocycles. The normalized spacial score (nSPS) is 21.5. The van der Waals surface area contributed by atoms with Gasteiger partial charge in [0, 0.05) is 34.2 Å². The first-order valence-corrected chi connectivity index (χ1v) is 15.1. The standard InChI is InChI=1S/C29H40N4O9S/c1-7-8-11-14-33-24(16-39-22-13-10-9-12-17(22)2)31-32-29(33)43-28-25(30-18(3)34)27(41-21(6)37)26(40-20(5)36)23(42-28)15-38-19(4)35/h9-10,12-13,23,25-28H,7-8,11,14-16H2,1-6H3,(H,30,34)/t23-,25-,26+,27-,28-/m0/s1. The number of aryl methyl sites for hydroxylation is 1. The highest BCUT2D eigenvalue weighted by atomic mass is 32.2. The predicted molar refractivity (Wildman–Crippen MR) is 155 cm³/mol. The molecule has 1 aromatic carbocycles. The molecule has 1 saturated heterocycles. The van der Waals surface area contributed by atoms with Crippen LogP contribution >= 0.6 is 11.8 Å². The Morgan fingerprint density at radius 1 is 0.977 bits per heavy atom. The number of ether oxygens (including phenoxy) is 5. The Morgan fingerprint density at radius 2 is 1.67 bits per heavy atom. The van der Waals surface area contributed by atoms with Crippen molar-refractivity contribution in [2.75, 3.05) is 6.61 Å². The van der Waals surface area contributed by atoms with E-state index in [-0.39, 0.29) is 13.2 Å². The van der Waals surface area contributed by atoms with E-state index in [0.717, 1.165) is 42.3 Å². The van der Waals surface area contributed by atoms with Crippen LogP contribution in [0.4, 0.5) is 0 Å². The number of nitrogens with zero attached hydrogens (tertiary/aromatic N) is 3. The van der Waals surface area contributed by atoms with Crippen molar-refractivity contribution >= 4 is 35.6 Å². The molecule has 1 aliphatic rings. The highest BCUT2D eigenvalue weighted by molar-refractivity contribution is 7.99. The van der Waals surface area contributed by atoms with E-state index in [1.165, 1.54) is 27.7 Å². The van der Waals surface area contributed by atoms with E-state index in [1.54, 1.807) is 0 Å². The summed E-state index contributed by atoms with van der Waals surface area (Å²) in [7, 11) is 0. The van der Waals surface area contributed by atoms with Crippen LogP contribution in [0.15, 0.2) is 29.4 Å². The first kappa shape index (κ1) is 33.8. The number of thioether (sulfide) groups is 1. The summed E-state index contributed by atoms with van der Waals surface area (Å²) >= 11 is 1.16. The topological polar surface area (TPSA) is 157 Å². The molecule has 0 spiro atoms. The van der Waals surface area contributed by atoms with E-state index in [0.29, 0.717) is 17.5 Å². The van der Waals surface area contributed by atoms with Crippen LogP contribution in [-0.2, 0) is 51.3 Å². The van der Waals surface area contributed by atoms with E-state index in [4.69, 9.17) is 23.7 Å². The minimum Gasteiger partial charge on any atom is -0.485 e. The molecule has 1 fully saturated rings. The molecule has 1 aliphatic heterocycles. The molecular formula is C29H40N4O9S. The Balaban J connectivity index is 1.98. The second kappa shape index (κ2) is 16.3. The lowest BCUT2D eigenvalue weighted by Gasteiger charge is -2.44. The quantitative estimate of drug-likeness (QED) is 0.187. The zero-order valence-corrected chi connectivity index (χ0v) is 26.2. The molecule has 14 heteroatoms. The highest BCUT2D eigenvalue weighted by Crippen LogP contribution is 2.36. The van der Waals surface area contributed by atoms with Crippen molar-refractivity contribution in [2.45, 2.75) is 109 Å². The minimum absolute atomic E-state index is 0.171. The summed E-state index contributed by atoms with van der Waals surface area (Å²) in [5, 5.41) is 12.1. The van der Waals surface area contributed by atoms with Gasteiger partial charge in [-0.15, -0.1) is 10.2 Å². The zero-order valence-electron chi connectivity index (χ0n) is 25.4. The van der Waals surface area contributed by atoms with Gasteiger partial charge in [-0.1, -0.05) is 49.7 Å². The number of amides is 1. The molecule has 3 rings (SSSR count). The van der Waals surface area contributed by atoms with E-state index in [1.807, 2.05) is 35.8 Å². The van der Waals surface area contributed by atoms with Crippen molar-refractivity contribution in [1.82, 2.24) is 20.1 Å². The molecule has 1 N–H and O–H groups in total. The molecule has 0 bridgehead atoms. The smallest absolute Gasteiger partial charge is 0.303 e. The van der Waals surface area contributed by atoms with Crippen molar-refractivity contribution < 1.29 is 42.9 Å². The molecular weight excluding hydrogens is 580 g/mol. The zero-order chi connectivity index (χ0) is 31.5. The summed E-state index contributed by atoms with van der Waals surface area (Å²) in [5.74, 6) is -0.993. The molecule has 1 amide bonds. The third-order valence-corrected chi connectivity index (χ3v) is 7.67. The van der Waals surface area contributed by atoms with Crippen molar-refractivity contribution in [3.05, 3.63) is 35.7 Å². The summed E-state index contributed by atoms with van der Waals surface area (Å²) < 4.78 is 30.6. The summed E-state index contributed by atoms with van der Waals surface area (Å²) in [6.45, 7) is 9.51. The molecule has 1 aromatic heterocycles. The van der Waals surface area contributed by atoms with Crippen LogP contribution in [0.3, 0.4) is 0 Å². The molecule has 43 heavy (non-hydrogen) atoms. The van der Waals surface area contributed by atoms with Gasteiger partial charge in [0.05, 0.1) is 0 Å². The molecule has 236 valence electrons. The Morgan fingerprint density at radius 3 is 2.30 bits per heavy atom. The van der Waals surface area contributed by atoms with Crippen LogP contribution in [-0.4, -0.2) is 75.0 Å². The van der Waals surface area contributed by atoms with Gasteiger partial charge >= 0.3 is 17.9 Å². The maximum Gasteiger partial charge on any atom is 0.303 e. The third kappa shape index (κ3) is 9.95. The van der Waals surface area contributed by atoms with Gasteiger partial charge in [0.1, 0.15) is 36.5 Å². The molecule has 2 aromatic rings. The fraction of sp³-hybridized carbons (Fsp3) is 0.586. The van der Waals surface area contributed by atoms with Crippen LogP contribution < -0.4 is 10.1 Å². The number of hydrogen-bond acceptors (Lipinski definition) is 12. The van der Waals surface area contributed by atoms with Crippen LogP contribution in [0.1, 0.15) is 65.3 Å². The van der Waals surface area contributed by atoms with Crippen molar-refractivity contribution in [1.29, 1.82) is 0 Å². The van der Waals surface area contributed by atoms with Crippen molar-refractivity contribution in [3.8, 4) is 5.75 Å². The van der Waals surface area contributed by atoms with Crippen LogP contribution in [0, 0.1) is 6.92 Å². The first-order valence-electron chi connectivity index (χ1n) is 14.2. The summed E-state index contributed by atoms with van der Waals surface area (Å²) in [4.78, 5) is 48.2. The molecule has 0 radical (unpaired) electrons. The Kier molecular flexibility index (Phi) is 12.8. The van der Waals surface area contributed by atoms with E-state index >= 15 is 0 Å². The van der Waals surface area contributed by atoms with Gasteiger partial charge in [0.25, 0.3) is 0 Å². The number of hydrogen-bond donors (Lipinski definition) is 1. The van der Waals surface area contributed by atoms with Crippen molar-refractivity contribution in [2.24, 2.45) is 0 Å². The molecule has 0 aliphatic carbocycles. The number of carbonyl (C=O) groups excluding carboxylic acids is 4. The van der Waals surface area contributed by atoms with Crippen LogP contribution in [0.5, 0.6) is 5.75 Å². The molecule has 0 unspecified atom stereocenters.